The van der Waals surface area contributed by atoms with Crippen LogP contribution in [-0.2, 0) is 12.8 Å². The van der Waals surface area contributed by atoms with Crippen molar-refractivity contribution in [2.24, 2.45) is 5.92 Å². The van der Waals surface area contributed by atoms with Crippen LogP contribution in [0.4, 0.5) is 5.82 Å². The highest BCUT2D eigenvalue weighted by Gasteiger charge is 2.12. The minimum absolute atomic E-state index is 0.566. The molecule has 4 nitrogen and oxygen atoms in total. The summed E-state index contributed by atoms with van der Waals surface area (Å²) in [7, 11) is 0. The second-order valence-corrected chi connectivity index (χ2v) is 5.56. The van der Waals surface area contributed by atoms with Crippen LogP contribution in [0.1, 0.15) is 39.0 Å². The Balaban J connectivity index is 2.48. The maximum Gasteiger partial charge on any atom is 0.180 e. The number of nitrogens with one attached hydrogen (secondary N) is 1. The Bertz CT molecular complexity index is 593. The molecule has 2 rings (SSSR count). The summed E-state index contributed by atoms with van der Waals surface area (Å²) in [6.45, 7) is 9.45. The fourth-order valence-electron chi connectivity index (χ4n) is 2.32. The quantitative estimate of drug-likeness (QED) is 0.878. The molecule has 2 aromatic rings. The van der Waals surface area contributed by atoms with Gasteiger partial charge in [-0.05, 0) is 37.3 Å². The van der Waals surface area contributed by atoms with Gasteiger partial charge in [0.05, 0.1) is 0 Å². The summed E-state index contributed by atoms with van der Waals surface area (Å²) in [4.78, 5) is 13.8. The Morgan fingerprint density at radius 3 is 2.67 bits per heavy atom. The molecule has 21 heavy (non-hydrogen) atoms. The van der Waals surface area contributed by atoms with Gasteiger partial charge in [0.1, 0.15) is 11.5 Å². The molecule has 4 heteroatoms. The highest BCUT2D eigenvalue weighted by Crippen LogP contribution is 2.21. The molecule has 0 aliphatic rings. The molecule has 0 unspecified atom stereocenters. The SMILES string of the molecule is CCNc1cc(CC(C)C)nc(-c2ncccc2CC)n1. The molecule has 0 fully saturated rings. The summed E-state index contributed by atoms with van der Waals surface area (Å²) in [6.07, 6.45) is 3.68. The fourth-order valence-corrected chi connectivity index (χ4v) is 2.32. The Morgan fingerprint density at radius 1 is 1.19 bits per heavy atom. The van der Waals surface area contributed by atoms with Crippen LogP contribution in [0.15, 0.2) is 24.4 Å². The van der Waals surface area contributed by atoms with Crippen molar-refractivity contribution in [3.8, 4) is 11.5 Å². The molecule has 0 aliphatic heterocycles. The van der Waals surface area contributed by atoms with Gasteiger partial charge in [-0.15, -0.1) is 0 Å². The van der Waals surface area contributed by atoms with E-state index in [1.165, 1.54) is 5.56 Å². The van der Waals surface area contributed by atoms with Crippen LogP contribution in [0, 0.1) is 5.92 Å². The van der Waals surface area contributed by atoms with E-state index in [0.29, 0.717) is 5.92 Å². The van der Waals surface area contributed by atoms with E-state index in [1.807, 2.05) is 12.1 Å². The predicted octanol–water partition coefficient (Wildman–Crippen LogP) is 3.73. The molecule has 0 radical (unpaired) electrons. The lowest BCUT2D eigenvalue weighted by Crippen LogP contribution is -2.07. The topological polar surface area (TPSA) is 50.7 Å². The number of pyridine rings is 1. The van der Waals surface area contributed by atoms with Gasteiger partial charge in [0.2, 0.25) is 0 Å². The number of anilines is 1. The van der Waals surface area contributed by atoms with E-state index in [1.54, 1.807) is 6.20 Å². The number of aryl methyl sites for hydroxylation is 1. The molecule has 0 aromatic carbocycles. The number of hydrogen-bond acceptors (Lipinski definition) is 4. The van der Waals surface area contributed by atoms with Crippen LogP contribution < -0.4 is 5.32 Å². The smallest absolute Gasteiger partial charge is 0.180 e. The van der Waals surface area contributed by atoms with E-state index >= 15 is 0 Å². The third kappa shape index (κ3) is 4.00. The zero-order valence-corrected chi connectivity index (χ0v) is 13.3. The molecule has 0 bridgehead atoms. The van der Waals surface area contributed by atoms with Crippen LogP contribution in [0.3, 0.4) is 0 Å². The summed E-state index contributed by atoms with van der Waals surface area (Å²) >= 11 is 0. The molecular weight excluding hydrogens is 260 g/mol. The molecule has 0 spiro atoms. The normalized spacial score (nSPS) is 10.9. The van der Waals surface area contributed by atoms with Crippen molar-refractivity contribution in [2.45, 2.75) is 40.5 Å². The van der Waals surface area contributed by atoms with Gasteiger partial charge in [0.25, 0.3) is 0 Å². The molecule has 112 valence electrons. The first kappa shape index (κ1) is 15.4. The van der Waals surface area contributed by atoms with Crippen molar-refractivity contribution >= 4 is 5.82 Å². The highest BCUT2D eigenvalue weighted by molar-refractivity contribution is 5.57. The Kier molecular flexibility index (Phi) is 5.26. The van der Waals surface area contributed by atoms with Gasteiger partial charge < -0.3 is 5.32 Å². The van der Waals surface area contributed by atoms with Crippen molar-refractivity contribution in [2.75, 3.05) is 11.9 Å². The average Bonchev–Trinajstić information content (AvgIpc) is 2.46. The lowest BCUT2D eigenvalue weighted by Gasteiger charge is -2.11. The maximum atomic E-state index is 4.72. The van der Waals surface area contributed by atoms with Gasteiger partial charge in [-0.2, -0.15) is 0 Å². The third-order valence-corrected chi connectivity index (χ3v) is 3.24. The summed E-state index contributed by atoms with van der Waals surface area (Å²) in [6, 6.07) is 6.10. The van der Waals surface area contributed by atoms with Gasteiger partial charge in [-0.1, -0.05) is 26.8 Å². The first-order chi connectivity index (χ1) is 10.1. The van der Waals surface area contributed by atoms with E-state index in [-0.39, 0.29) is 0 Å². The summed E-state index contributed by atoms with van der Waals surface area (Å²) in [5.74, 6) is 2.17. The van der Waals surface area contributed by atoms with Gasteiger partial charge in [0.15, 0.2) is 5.82 Å². The predicted molar refractivity (Wildman–Crippen MR) is 87.3 cm³/mol. The molecule has 0 atom stereocenters. The van der Waals surface area contributed by atoms with Crippen molar-refractivity contribution in [3.63, 3.8) is 0 Å². The molecule has 1 N–H and O–H groups in total. The van der Waals surface area contributed by atoms with E-state index < -0.39 is 0 Å². The third-order valence-electron chi connectivity index (χ3n) is 3.24. The second-order valence-electron chi connectivity index (χ2n) is 5.56. The van der Waals surface area contributed by atoms with Gasteiger partial charge >= 0.3 is 0 Å². The maximum absolute atomic E-state index is 4.72. The Hall–Kier alpha value is -1.97. The minimum atomic E-state index is 0.566. The Morgan fingerprint density at radius 2 is 2.00 bits per heavy atom. The van der Waals surface area contributed by atoms with E-state index in [0.717, 1.165) is 42.4 Å². The first-order valence-corrected chi connectivity index (χ1v) is 7.70. The number of aromatic nitrogens is 3. The van der Waals surface area contributed by atoms with Crippen molar-refractivity contribution < 1.29 is 0 Å². The molecule has 0 aliphatic carbocycles. The molecule has 2 heterocycles. The highest BCUT2D eigenvalue weighted by atomic mass is 15.0. The summed E-state index contributed by atoms with van der Waals surface area (Å²) in [5, 5.41) is 3.29. The van der Waals surface area contributed by atoms with Crippen LogP contribution in [0.25, 0.3) is 11.5 Å². The van der Waals surface area contributed by atoms with Crippen molar-refractivity contribution in [3.05, 3.63) is 35.7 Å². The van der Waals surface area contributed by atoms with Gasteiger partial charge in [0, 0.05) is 24.5 Å². The summed E-state index contributed by atoms with van der Waals surface area (Å²) < 4.78 is 0. The zero-order valence-electron chi connectivity index (χ0n) is 13.3. The first-order valence-electron chi connectivity index (χ1n) is 7.70. The lowest BCUT2D eigenvalue weighted by molar-refractivity contribution is 0.634. The summed E-state index contributed by atoms with van der Waals surface area (Å²) in [5.41, 5.74) is 3.14. The van der Waals surface area contributed by atoms with Crippen molar-refractivity contribution in [1.29, 1.82) is 0 Å². The number of hydrogen-bond donors (Lipinski definition) is 1. The Labute approximate surface area is 127 Å². The van der Waals surface area contributed by atoms with Crippen LogP contribution >= 0.6 is 0 Å². The van der Waals surface area contributed by atoms with Crippen LogP contribution in [-0.4, -0.2) is 21.5 Å². The van der Waals surface area contributed by atoms with E-state index in [2.05, 4.69) is 49.0 Å². The van der Waals surface area contributed by atoms with E-state index in [9.17, 15) is 0 Å². The minimum Gasteiger partial charge on any atom is -0.370 e. The second kappa shape index (κ2) is 7.16. The molecule has 0 saturated carbocycles. The molecule has 0 amide bonds. The van der Waals surface area contributed by atoms with Gasteiger partial charge in [-0.25, -0.2) is 9.97 Å². The molecule has 0 saturated heterocycles. The fraction of sp³-hybridized carbons (Fsp3) is 0.471. The van der Waals surface area contributed by atoms with Gasteiger partial charge in [-0.3, -0.25) is 4.98 Å². The van der Waals surface area contributed by atoms with Crippen LogP contribution in [0.2, 0.25) is 0 Å². The number of rotatable bonds is 6. The van der Waals surface area contributed by atoms with Crippen molar-refractivity contribution in [1.82, 2.24) is 15.0 Å². The molecular formula is C17H24N4. The number of nitrogens with zero attached hydrogens (tertiary/aromatic N) is 3. The molecule has 2 aromatic heterocycles. The van der Waals surface area contributed by atoms with E-state index in [4.69, 9.17) is 4.98 Å². The zero-order chi connectivity index (χ0) is 15.2. The standard InChI is InChI=1S/C17H24N4/c1-5-13-8-7-9-19-16(13)17-20-14(10-12(3)4)11-15(21-17)18-6-2/h7-9,11-12H,5-6,10H2,1-4H3,(H,18,20,21). The average molecular weight is 284 g/mol. The monoisotopic (exact) mass is 284 g/mol. The largest absolute Gasteiger partial charge is 0.370 e. The van der Waals surface area contributed by atoms with Crippen LogP contribution in [0.5, 0.6) is 0 Å². The lowest BCUT2D eigenvalue weighted by atomic mass is 10.1.